The van der Waals surface area contributed by atoms with Gasteiger partial charge in [0.1, 0.15) is 5.82 Å². The van der Waals surface area contributed by atoms with Gasteiger partial charge in [0.05, 0.1) is 5.52 Å². The van der Waals surface area contributed by atoms with E-state index in [1.807, 2.05) is 31.3 Å². The molecule has 2 heterocycles. The zero-order valence-corrected chi connectivity index (χ0v) is 11.3. The smallest absolute Gasteiger partial charge is 0.227 e. The normalized spacial score (nSPS) is 18.7. The van der Waals surface area contributed by atoms with Crippen LogP contribution in [0.5, 0.6) is 0 Å². The summed E-state index contributed by atoms with van der Waals surface area (Å²) in [5, 5.41) is 7.60. The SMILES string of the molecule is CNc1nc(N(C)C2CCNC2)nc2ccccc12. The van der Waals surface area contributed by atoms with E-state index in [0.29, 0.717) is 6.04 Å². The standard InChI is InChI=1S/C14H19N5/c1-15-13-11-5-3-4-6-12(11)17-14(18-13)19(2)10-7-8-16-9-10/h3-6,10,16H,7-9H2,1-2H3,(H,15,17,18). The number of nitrogens with one attached hydrogen (secondary N) is 2. The van der Waals surface area contributed by atoms with Crippen LogP contribution in [0, 0.1) is 0 Å². The molecule has 100 valence electrons. The van der Waals surface area contributed by atoms with Crippen LogP contribution < -0.4 is 15.5 Å². The average molecular weight is 257 g/mol. The van der Waals surface area contributed by atoms with Crippen LogP contribution in [0.1, 0.15) is 6.42 Å². The van der Waals surface area contributed by atoms with Gasteiger partial charge in [-0.05, 0) is 25.1 Å². The summed E-state index contributed by atoms with van der Waals surface area (Å²) in [5.74, 6) is 1.68. The molecule has 0 aliphatic carbocycles. The fourth-order valence-corrected chi connectivity index (χ4v) is 2.55. The van der Waals surface area contributed by atoms with Crippen LogP contribution in [0.4, 0.5) is 11.8 Å². The van der Waals surface area contributed by atoms with Crippen LogP contribution in [0.25, 0.3) is 10.9 Å². The van der Waals surface area contributed by atoms with Crippen LogP contribution >= 0.6 is 0 Å². The van der Waals surface area contributed by atoms with Crippen molar-refractivity contribution in [2.45, 2.75) is 12.5 Å². The third-order valence-electron chi connectivity index (χ3n) is 3.73. The summed E-state index contributed by atoms with van der Waals surface area (Å²) in [7, 11) is 3.97. The average Bonchev–Trinajstić information content (AvgIpc) is 2.99. The molecule has 5 nitrogen and oxygen atoms in total. The van der Waals surface area contributed by atoms with Crippen LogP contribution in [0.3, 0.4) is 0 Å². The fraction of sp³-hybridized carbons (Fsp3) is 0.429. The molecule has 19 heavy (non-hydrogen) atoms. The Kier molecular flexibility index (Phi) is 3.21. The molecular weight excluding hydrogens is 238 g/mol. The zero-order chi connectivity index (χ0) is 13.2. The van der Waals surface area contributed by atoms with Crippen LogP contribution in [0.2, 0.25) is 0 Å². The van der Waals surface area contributed by atoms with Gasteiger partial charge in [0.15, 0.2) is 0 Å². The topological polar surface area (TPSA) is 53.1 Å². The van der Waals surface area contributed by atoms with Gasteiger partial charge in [-0.3, -0.25) is 0 Å². The molecule has 1 unspecified atom stereocenters. The molecule has 2 aromatic rings. The van der Waals surface area contributed by atoms with E-state index < -0.39 is 0 Å². The zero-order valence-electron chi connectivity index (χ0n) is 11.3. The Hall–Kier alpha value is -1.88. The van der Waals surface area contributed by atoms with Gasteiger partial charge in [-0.15, -0.1) is 0 Å². The minimum absolute atomic E-state index is 0.478. The van der Waals surface area contributed by atoms with Crippen molar-refractivity contribution in [2.75, 3.05) is 37.4 Å². The maximum atomic E-state index is 4.68. The van der Waals surface area contributed by atoms with Gasteiger partial charge in [-0.1, -0.05) is 12.1 Å². The minimum atomic E-state index is 0.478. The largest absolute Gasteiger partial charge is 0.372 e. The molecule has 1 atom stereocenters. The highest BCUT2D eigenvalue weighted by molar-refractivity contribution is 5.89. The van der Waals surface area contributed by atoms with Crippen molar-refractivity contribution in [1.82, 2.24) is 15.3 Å². The first-order chi connectivity index (χ1) is 9.29. The molecule has 1 fully saturated rings. The third kappa shape index (κ3) is 2.21. The second-order valence-corrected chi connectivity index (χ2v) is 4.90. The molecule has 0 radical (unpaired) electrons. The molecule has 0 saturated carbocycles. The first-order valence-corrected chi connectivity index (χ1v) is 6.67. The van der Waals surface area contributed by atoms with Crippen molar-refractivity contribution in [3.63, 3.8) is 0 Å². The number of rotatable bonds is 3. The number of benzene rings is 1. The van der Waals surface area contributed by atoms with Gasteiger partial charge in [-0.2, -0.15) is 4.98 Å². The van der Waals surface area contributed by atoms with Crippen LogP contribution in [0.15, 0.2) is 24.3 Å². The molecule has 2 N–H and O–H groups in total. The number of fused-ring (bicyclic) bond motifs is 1. The Morgan fingerprint density at radius 2 is 2.16 bits per heavy atom. The van der Waals surface area contributed by atoms with Crippen LogP contribution in [-0.2, 0) is 0 Å². The lowest BCUT2D eigenvalue weighted by Crippen LogP contribution is -2.34. The van der Waals surface area contributed by atoms with E-state index in [2.05, 4.69) is 32.5 Å². The van der Waals surface area contributed by atoms with Crippen molar-refractivity contribution in [3.8, 4) is 0 Å². The summed E-state index contributed by atoms with van der Waals surface area (Å²) in [6, 6.07) is 8.57. The van der Waals surface area contributed by atoms with Crippen molar-refractivity contribution in [3.05, 3.63) is 24.3 Å². The first-order valence-electron chi connectivity index (χ1n) is 6.67. The van der Waals surface area contributed by atoms with Crippen molar-refractivity contribution in [2.24, 2.45) is 0 Å². The number of para-hydroxylation sites is 1. The summed E-state index contributed by atoms with van der Waals surface area (Å²) >= 11 is 0. The van der Waals surface area contributed by atoms with Gasteiger partial charge in [0, 0.05) is 32.1 Å². The Labute approximate surface area is 113 Å². The van der Waals surface area contributed by atoms with E-state index in [1.54, 1.807) is 0 Å². The lowest BCUT2D eigenvalue weighted by atomic mass is 10.2. The second-order valence-electron chi connectivity index (χ2n) is 4.90. The number of aromatic nitrogens is 2. The summed E-state index contributed by atoms with van der Waals surface area (Å²) in [6.45, 7) is 2.07. The predicted molar refractivity (Wildman–Crippen MR) is 78.8 cm³/mol. The number of nitrogens with zero attached hydrogens (tertiary/aromatic N) is 3. The number of hydrogen-bond donors (Lipinski definition) is 2. The Morgan fingerprint density at radius 1 is 1.32 bits per heavy atom. The molecule has 3 rings (SSSR count). The summed E-state index contributed by atoms with van der Waals surface area (Å²) < 4.78 is 0. The third-order valence-corrected chi connectivity index (χ3v) is 3.73. The number of hydrogen-bond acceptors (Lipinski definition) is 5. The van der Waals surface area contributed by atoms with Crippen molar-refractivity contribution in [1.29, 1.82) is 0 Å². The molecule has 1 aliphatic rings. The van der Waals surface area contributed by atoms with Gasteiger partial charge in [0.2, 0.25) is 5.95 Å². The van der Waals surface area contributed by atoms with Gasteiger partial charge in [-0.25, -0.2) is 4.98 Å². The quantitative estimate of drug-likeness (QED) is 0.872. The monoisotopic (exact) mass is 257 g/mol. The molecule has 1 aromatic heterocycles. The molecule has 0 amide bonds. The summed E-state index contributed by atoms with van der Waals surface area (Å²) in [5.41, 5.74) is 0.981. The minimum Gasteiger partial charge on any atom is -0.372 e. The molecule has 0 spiro atoms. The fourth-order valence-electron chi connectivity index (χ4n) is 2.55. The molecule has 1 saturated heterocycles. The Bertz CT molecular complexity index is 577. The number of likely N-dealkylation sites (N-methyl/N-ethyl adjacent to an activating group) is 1. The lowest BCUT2D eigenvalue weighted by Gasteiger charge is -2.24. The van der Waals surface area contributed by atoms with E-state index in [-0.39, 0.29) is 0 Å². The maximum absolute atomic E-state index is 4.68. The first kappa shape index (κ1) is 12.2. The van der Waals surface area contributed by atoms with E-state index in [1.165, 1.54) is 0 Å². The molecule has 1 aliphatic heterocycles. The lowest BCUT2D eigenvalue weighted by molar-refractivity contribution is 0.670. The molecular formula is C14H19N5. The van der Waals surface area contributed by atoms with E-state index >= 15 is 0 Å². The Balaban J connectivity index is 2.03. The van der Waals surface area contributed by atoms with Gasteiger partial charge in [0.25, 0.3) is 0 Å². The van der Waals surface area contributed by atoms with Gasteiger partial charge >= 0.3 is 0 Å². The molecule has 0 bridgehead atoms. The summed E-state index contributed by atoms with van der Waals surface area (Å²) in [4.78, 5) is 11.5. The van der Waals surface area contributed by atoms with E-state index in [4.69, 9.17) is 0 Å². The highest BCUT2D eigenvalue weighted by Gasteiger charge is 2.22. The van der Waals surface area contributed by atoms with Crippen molar-refractivity contribution >= 4 is 22.7 Å². The van der Waals surface area contributed by atoms with E-state index in [0.717, 1.165) is 42.2 Å². The molecule has 1 aromatic carbocycles. The molecule has 5 heteroatoms. The second kappa shape index (κ2) is 5.01. The van der Waals surface area contributed by atoms with Crippen molar-refractivity contribution < 1.29 is 0 Å². The van der Waals surface area contributed by atoms with E-state index in [9.17, 15) is 0 Å². The predicted octanol–water partition coefficient (Wildman–Crippen LogP) is 1.47. The highest BCUT2D eigenvalue weighted by Crippen LogP contribution is 2.24. The van der Waals surface area contributed by atoms with Gasteiger partial charge < -0.3 is 15.5 Å². The number of anilines is 2. The maximum Gasteiger partial charge on any atom is 0.227 e. The van der Waals surface area contributed by atoms with Crippen LogP contribution in [-0.4, -0.2) is 43.2 Å². The highest BCUT2D eigenvalue weighted by atomic mass is 15.3. The summed E-state index contributed by atoms with van der Waals surface area (Å²) in [6.07, 6.45) is 1.14. The Morgan fingerprint density at radius 3 is 2.89 bits per heavy atom.